The number of hydrogen-bond donors (Lipinski definition) is 0. The zero-order valence-corrected chi connectivity index (χ0v) is 8.71. The Labute approximate surface area is 91.1 Å². The summed E-state index contributed by atoms with van der Waals surface area (Å²) >= 11 is 5.65. The lowest BCUT2D eigenvalue weighted by atomic mass is 10.3. The average Bonchev–Trinajstić information content (AvgIpc) is 2.69. The fraction of sp³-hybridized carbons (Fsp3) is 0.556. The van der Waals surface area contributed by atoms with E-state index in [0.717, 1.165) is 25.9 Å². The van der Waals surface area contributed by atoms with Gasteiger partial charge in [0, 0.05) is 13.1 Å². The molecule has 0 amide bonds. The van der Waals surface area contributed by atoms with Crippen LogP contribution in [0.4, 0.5) is 14.6 Å². The lowest BCUT2D eigenvalue weighted by Gasteiger charge is -2.19. The van der Waals surface area contributed by atoms with Gasteiger partial charge < -0.3 is 4.90 Å². The van der Waals surface area contributed by atoms with Crippen LogP contribution in [0.5, 0.6) is 0 Å². The van der Waals surface area contributed by atoms with Crippen LogP contribution < -0.4 is 4.90 Å². The van der Waals surface area contributed by atoms with E-state index in [-0.39, 0.29) is 16.5 Å². The van der Waals surface area contributed by atoms with Gasteiger partial charge in [0.2, 0.25) is 0 Å². The van der Waals surface area contributed by atoms with Gasteiger partial charge in [-0.25, -0.2) is 18.7 Å². The molecule has 6 heteroatoms. The monoisotopic (exact) mass is 233 g/mol. The maximum atomic E-state index is 12.8. The predicted molar refractivity (Wildman–Crippen MR) is 53.4 cm³/mol. The van der Waals surface area contributed by atoms with Gasteiger partial charge >= 0.3 is 0 Å². The molecule has 0 bridgehead atoms. The molecule has 1 aromatic rings. The first-order valence-corrected chi connectivity index (χ1v) is 5.11. The minimum atomic E-state index is -2.63. The third kappa shape index (κ3) is 2.02. The summed E-state index contributed by atoms with van der Waals surface area (Å²) in [6.07, 6.45) is 0.602. The smallest absolute Gasteiger partial charge is 0.270 e. The van der Waals surface area contributed by atoms with Crippen molar-refractivity contribution in [2.75, 3.05) is 18.0 Å². The highest BCUT2D eigenvalue weighted by Crippen LogP contribution is 2.33. The molecular formula is C9H10ClF2N3. The molecule has 82 valence electrons. The number of nitrogens with zero attached hydrogens (tertiary/aromatic N) is 3. The summed E-state index contributed by atoms with van der Waals surface area (Å²) in [5, 5.41) is -0.151. The summed E-state index contributed by atoms with van der Waals surface area (Å²) in [5.74, 6) is 0.280. The molecule has 3 nitrogen and oxygen atoms in total. The predicted octanol–water partition coefficient (Wildman–Crippen LogP) is 2.67. The number of anilines is 1. The summed E-state index contributed by atoms with van der Waals surface area (Å²) in [7, 11) is 0. The summed E-state index contributed by atoms with van der Waals surface area (Å²) < 4.78 is 25.5. The second kappa shape index (κ2) is 4.26. The molecule has 0 radical (unpaired) electrons. The van der Waals surface area contributed by atoms with Crippen LogP contribution in [0.1, 0.15) is 24.8 Å². The second-order valence-corrected chi connectivity index (χ2v) is 3.75. The Bertz CT molecular complexity index is 353. The van der Waals surface area contributed by atoms with Crippen molar-refractivity contribution in [3.05, 3.63) is 17.0 Å². The molecule has 0 atom stereocenters. The molecular weight excluding hydrogens is 224 g/mol. The van der Waals surface area contributed by atoms with Crippen molar-refractivity contribution >= 4 is 17.4 Å². The number of alkyl halides is 2. The van der Waals surface area contributed by atoms with Gasteiger partial charge in [0.1, 0.15) is 17.3 Å². The summed E-state index contributed by atoms with van der Waals surface area (Å²) in [4.78, 5) is 9.30. The Hall–Kier alpha value is -0.970. The topological polar surface area (TPSA) is 29.0 Å². The quantitative estimate of drug-likeness (QED) is 0.736. The first-order valence-electron chi connectivity index (χ1n) is 4.73. The standard InChI is InChI=1S/C9H10ClF2N3/c10-7-6(8(11)12)9(14-5-13-7)15-3-1-2-4-15/h5,8H,1-4H2. The van der Waals surface area contributed by atoms with E-state index in [9.17, 15) is 8.78 Å². The van der Waals surface area contributed by atoms with Gasteiger partial charge in [-0.05, 0) is 12.8 Å². The van der Waals surface area contributed by atoms with E-state index in [1.165, 1.54) is 6.33 Å². The van der Waals surface area contributed by atoms with E-state index in [1.807, 2.05) is 4.90 Å². The van der Waals surface area contributed by atoms with E-state index in [0.29, 0.717) is 0 Å². The van der Waals surface area contributed by atoms with Gasteiger partial charge in [0.25, 0.3) is 6.43 Å². The minimum absolute atomic E-state index is 0.151. The fourth-order valence-corrected chi connectivity index (χ4v) is 1.94. The van der Waals surface area contributed by atoms with Gasteiger partial charge in [-0.1, -0.05) is 11.6 Å². The van der Waals surface area contributed by atoms with Gasteiger partial charge in [-0.3, -0.25) is 0 Å². The molecule has 0 spiro atoms. The van der Waals surface area contributed by atoms with Gasteiger partial charge in [-0.15, -0.1) is 0 Å². The SMILES string of the molecule is FC(F)c1c(Cl)ncnc1N1CCCC1. The fourth-order valence-electron chi connectivity index (χ4n) is 1.73. The third-order valence-corrected chi connectivity index (χ3v) is 2.74. The average molecular weight is 234 g/mol. The highest BCUT2D eigenvalue weighted by molar-refractivity contribution is 6.30. The molecule has 15 heavy (non-hydrogen) atoms. The van der Waals surface area contributed by atoms with Crippen molar-refractivity contribution in [3.63, 3.8) is 0 Å². The highest BCUT2D eigenvalue weighted by Gasteiger charge is 2.24. The van der Waals surface area contributed by atoms with Crippen molar-refractivity contribution in [2.45, 2.75) is 19.3 Å². The van der Waals surface area contributed by atoms with Crippen molar-refractivity contribution in [1.82, 2.24) is 9.97 Å². The van der Waals surface area contributed by atoms with Crippen molar-refractivity contribution in [2.24, 2.45) is 0 Å². The molecule has 2 rings (SSSR count). The molecule has 0 unspecified atom stereocenters. The number of rotatable bonds is 2. The first kappa shape index (κ1) is 10.5. The highest BCUT2D eigenvalue weighted by atomic mass is 35.5. The maximum Gasteiger partial charge on any atom is 0.270 e. The first-order chi connectivity index (χ1) is 7.20. The van der Waals surface area contributed by atoms with Gasteiger partial charge in [0.15, 0.2) is 0 Å². The number of aromatic nitrogens is 2. The molecule has 1 aliphatic heterocycles. The van der Waals surface area contributed by atoms with Crippen LogP contribution in [0.15, 0.2) is 6.33 Å². The van der Waals surface area contributed by atoms with Crippen LogP contribution in [0.3, 0.4) is 0 Å². The molecule has 0 aromatic carbocycles. The molecule has 1 saturated heterocycles. The second-order valence-electron chi connectivity index (χ2n) is 3.40. The summed E-state index contributed by atoms with van der Waals surface area (Å²) in [6.45, 7) is 1.51. The zero-order valence-electron chi connectivity index (χ0n) is 7.96. The summed E-state index contributed by atoms with van der Waals surface area (Å²) in [6, 6.07) is 0. The lowest BCUT2D eigenvalue weighted by molar-refractivity contribution is 0.151. The Balaban J connectivity index is 2.40. The van der Waals surface area contributed by atoms with Crippen LogP contribution >= 0.6 is 11.6 Å². The zero-order chi connectivity index (χ0) is 10.8. The molecule has 0 aliphatic carbocycles. The molecule has 0 N–H and O–H groups in total. The lowest BCUT2D eigenvalue weighted by Crippen LogP contribution is -2.21. The molecule has 2 heterocycles. The molecule has 1 aromatic heterocycles. The maximum absolute atomic E-state index is 12.8. The molecule has 1 aliphatic rings. The van der Waals surface area contributed by atoms with E-state index in [2.05, 4.69) is 9.97 Å². The van der Waals surface area contributed by atoms with E-state index < -0.39 is 6.43 Å². The van der Waals surface area contributed by atoms with E-state index >= 15 is 0 Å². The third-order valence-electron chi connectivity index (χ3n) is 2.44. The largest absolute Gasteiger partial charge is 0.356 e. The van der Waals surface area contributed by atoms with Crippen molar-refractivity contribution in [1.29, 1.82) is 0 Å². The Kier molecular flexibility index (Phi) is 3.00. The Morgan fingerprint density at radius 1 is 1.27 bits per heavy atom. The Morgan fingerprint density at radius 2 is 1.93 bits per heavy atom. The van der Waals surface area contributed by atoms with E-state index in [1.54, 1.807) is 0 Å². The normalized spacial score (nSPS) is 16.4. The van der Waals surface area contributed by atoms with Crippen LogP contribution in [-0.4, -0.2) is 23.1 Å². The van der Waals surface area contributed by atoms with Crippen molar-refractivity contribution in [3.8, 4) is 0 Å². The van der Waals surface area contributed by atoms with Crippen LogP contribution in [0.2, 0.25) is 5.15 Å². The Morgan fingerprint density at radius 3 is 2.53 bits per heavy atom. The molecule has 0 saturated carbocycles. The van der Waals surface area contributed by atoms with Crippen LogP contribution in [-0.2, 0) is 0 Å². The number of halogens is 3. The molecule has 1 fully saturated rings. The van der Waals surface area contributed by atoms with Gasteiger partial charge in [-0.2, -0.15) is 0 Å². The minimum Gasteiger partial charge on any atom is -0.356 e. The van der Waals surface area contributed by atoms with E-state index in [4.69, 9.17) is 11.6 Å². The van der Waals surface area contributed by atoms with Gasteiger partial charge in [0.05, 0.1) is 5.56 Å². The van der Waals surface area contributed by atoms with Crippen LogP contribution in [0, 0.1) is 0 Å². The summed E-state index contributed by atoms with van der Waals surface area (Å²) in [5.41, 5.74) is -0.249. The van der Waals surface area contributed by atoms with Crippen LogP contribution in [0.25, 0.3) is 0 Å². The number of hydrogen-bond acceptors (Lipinski definition) is 3. The van der Waals surface area contributed by atoms with Crippen molar-refractivity contribution < 1.29 is 8.78 Å².